The first kappa shape index (κ1) is 19.2. The van der Waals surface area contributed by atoms with Crippen LogP contribution in [0.1, 0.15) is 42.5 Å². The highest BCUT2D eigenvalue weighted by molar-refractivity contribution is 5.99. The van der Waals surface area contributed by atoms with Crippen LogP contribution < -0.4 is 10.2 Å². The van der Waals surface area contributed by atoms with Crippen LogP contribution >= 0.6 is 0 Å². The Bertz CT molecular complexity index is 714. The molecule has 1 aliphatic heterocycles. The van der Waals surface area contributed by atoms with Crippen molar-refractivity contribution >= 4 is 17.5 Å². The summed E-state index contributed by atoms with van der Waals surface area (Å²) in [5, 5.41) is 12.0. The number of carbonyl (C=O) groups is 2. The molecule has 1 aromatic carbocycles. The Morgan fingerprint density at radius 3 is 2.37 bits per heavy atom. The van der Waals surface area contributed by atoms with Gasteiger partial charge in [-0.1, -0.05) is 19.3 Å². The van der Waals surface area contributed by atoms with Gasteiger partial charge in [-0.05, 0) is 37.1 Å². The molecule has 144 valence electrons. The maximum atomic E-state index is 12.8. The van der Waals surface area contributed by atoms with Crippen molar-refractivity contribution in [2.45, 2.75) is 37.6 Å². The van der Waals surface area contributed by atoms with Crippen LogP contribution in [-0.2, 0) is 9.53 Å². The van der Waals surface area contributed by atoms with E-state index in [-0.39, 0.29) is 11.8 Å². The van der Waals surface area contributed by atoms with Gasteiger partial charge in [-0.15, -0.1) is 0 Å². The van der Waals surface area contributed by atoms with Gasteiger partial charge in [-0.3, -0.25) is 14.5 Å². The van der Waals surface area contributed by atoms with Gasteiger partial charge < -0.3 is 15.0 Å². The van der Waals surface area contributed by atoms with Gasteiger partial charge in [0.05, 0.1) is 13.2 Å². The lowest BCUT2D eigenvalue weighted by atomic mass is 9.80. The molecule has 1 aromatic rings. The SMILES string of the molecule is CN(C#N)C(=O)C1(NC(=O)c2ccc(N3CCOCC3)cc2)CCCCC1. The number of likely N-dealkylation sites (N-methyl/N-ethyl adjacent to an activating group) is 1. The van der Waals surface area contributed by atoms with E-state index in [1.54, 1.807) is 12.1 Å². The maximum Gasteiger partial charge on any atom is 0.261 e. The molecule has 2 fully saturated rings. The van der Waals surface area contributed by atoms with E-state index >= 15 is 0 Å². The predicted octanol–water partition coefficient (Wildman–Crippen LogP) is 1.90. The highest BCUT2D eigenvalue weighted by Gasteiger charge is 2.42. The standard InChI is InChI=1S/C20H26N4O3/c1-23(15-21)19(26)20(9-3-2-4-10-20)22-18(25)16-5-7-17(8-6-16)24-11-13-27-14-12-24/h5-8H,2-4,9-14H2,1H3,(H,22,25). The third-order valence-electron chi connectivity index (χ3n) is 5.43. The Labute approximate surface area is 159 Å². The molecule has 7 nitrogen and oxygen atoms in total. The number of rotatable bonds is 4. The van der Waals surface area contributed by atoms with Gasteiger partial charge in [0.15, 0.2) is 6.19 Å². The minimum Gasteiger partial charge on any atom is -0.378 e. The van der Waals surface area contributed by atoms with Gasteiger partial charge in [-0.25, -0.2) is 0 Å². The lowest BCUT2D eigenvalue weighted by molar-refractivity contribution is -0.135. The van der Waals surface area contributed by atoms with Crippen molar-refractivity contribution in [2.24, 2.45) is 0 Å². The first-order valence-corrected chi connectivity index (χ1v) is 9.49. The van der Waals surface area contributed by atoms with Gasteiger partial charge in [0, 0.05) is 31.4 Å². The van der Waals surface area contributed by atoms with Gasteiger partial charge in [0.25, 0.3) is 11.8 Å². The Balaban J connectivity index is 1.73. The molecule has 0 radical (unpaired) electrons. The fourth-order valence-electron chi connectivity index (χ4n) is 3.85. The molecule has 3 rings (SSSR count). The maximum absolute atomic E-state index is 12.8. The monoisotopic (exact) mass is 370 g/mol. The lowest BCUT2D eigenvalue weighted by Crippen LogP contribution is -2.59. The van der Waals surface area contributed by atoms with E-state index in [1.807, 2.05) is 18.3 Å². The van der Waals surface area contributed by atoms with Crippen LogP contribution in [0.4, 0.5) is 5.69 Å². The van der Waals surface area contributed by atoms with Crippen LogP contribution in [-0.4, -0.2) is 55.6 Å². The zero-order valence-electron chi connectivity index (χ0n) is 15.7. The largest absolute Gasteiger partial charge is 0.378 e. The number of anilines is 1. The molecule has 1 N–H and O–H groups in total. The van der Waals surface area contributed by atoms with Crippen LogP contribution in [0.3, 0.4) is 0 Å². The highest BCUT2D eigenvalue weighted by Crippen LogP contribution is 2.30. The Morgan fingerprint density at radius 1 is 1.15 bits per heavy atom. The van der Waals surface area contributed by atoms with E-state index in [0.717, 1.165) is 42.9 Å². The minimum absolute atomic E-state index is 0.273. The minimum atomic E-state index is -0.983. The number of nitrogens with one attached hydrogen (secondary N) is 1. The van der Waals surface area contributed by atoms with Crippen LogP contribution in [0, 0.1) is 11.5 Å². The molecular formula is C20H26N4O3. The van der Waals surface area contributed by atoms with E-state index in [4.69, 9.17) is 10.00 Å². The molecule has 7 heteroatoms. The summed E-state index contributed by atoms with van der Waals surface area (Å²) in [6, 6.07) is 7.43. The molecule has 1 saturated heterocycles. The van der Waals surface area contributed by atoms with Gasteiger partial charge in [0.2, 0.25) is 0 Å². The molecule has 2 aliphatic rings. The second-order valence-corrected chi connectivity index (χ2v) is 7.21. The van der Waals surface area contributed by atoms with E-state index in [2.05, 4.69) is 10.2 Å². The number of amides is 2. The van der Waals surface area contributed by atoms with Crippen molar-refractivity contribution in [3.63, 3.8) is 0 Å². The molecule has 1 saturated carbocycles. The quantitative estimate of drug-likeness (QED) is 0.646. The number of nitrogens with zero attached hydrogens (tertiary/aromatic N) is 3. The summed E-state index contributed by atoms with van der Waals surface area (Å²) in [7, 11) is 1.45. The summed E-state index contributed by atoms with van der Waals surface area (Å²) in [5.74, 6) is -0.604. The number of hydrogen-bond acceptors (Lipinski definition) is 5. The fraction of sp³-hybridized carbons (Fsp3) is 0.550. The second-order valence-electron chi connectivity index (χ2n) is 7.21. The molecule has 0 aromatic heterocycles. The van der Waals surface area contributed by atoms with Crippen LogP contribution in [0.15, 0.2) is 24.3 Å². The molecule has 0 spiro atoms. The Hall–Kier alpha value is -2.59. The molecule has 2 amide bonds. The first-order valence-electron chi connectivity index (χ1n) is 9.49. The molecule has 0 unspecified atom stereocenters. The van der Waals surface area contributed by atoms with E-state index in [9.17, 15) is 9.59 Å². The number of carbonyl (C=O) groups excluding carboxylic acids is 2. The summed E-state index contributed by atoms with van der Waals surface area (Å²) >= 11 is 0. The third-order valence-corrected chi connectivity index (χ3v) is 5.43. The Morgan fingerprint density at radius 2 is 1.78 bits per heavy atom. The first-order chi connectivity index (χ1) is 13.1. The van der Waals surface area contributed by atoms with E-state index < -0.39 is 5.54 Å². The van der Waals surface area contributed by atoms with Crippen molar-refractivity contribution in [3.05, 3.63) is 29.8 Å². The fourth-order valence-corrected chi connectivity index (χ4v) is 3.85. The molecule has 0 bridgehead atoms. The van der Waals surface area contributed by atoms with Crippen molar-refractivity contribution < 1.29 is 14.3 Å². The number of hydrogen-bond donors (Lipinski definition) is 1. The summed E-state index contributed by atoms with van der Waals surface area (Å²) in [6.45, 7) is 3.09. The van der Waals surface area contributed by atoms with Crippen molar-refractivity contribution in [1.82, 2.24) is 10.2 Å². The Kier molecular flexibility index (Phi) is 5.97. The van der Waals surface area contributed by atoms with Crippen LogP contribution in [0.5, 0.6) is 0 Å². The number of morpholine rings is 1. The van der Waals surface area contributed by atoms with Crippen LogP contribution in [0.2, 0.25) is 0 Å². The van der Waals surface area contributed by atoms with Crippen molar-refractivity contribution in [3.8, 4) is 6.19 Å². The topological polar surface area (TPSA) is 85.7 Å². The average molecular weight is 370 g/mol. The van der Waals surface area contributed by atoms with Gasteiger partial charge >= 0.3 is 0 Å². The van der Waals surface area contributed by atoms with Crippen molar-refractivity contribution in [2.75, 3.05) is 38.3 Å². The summed E-state index contributed by atoms with van der Waals surface area (Å²) < 4.78 is 5.37. The molecule has 1 aliphatic carbocycles. The normalized spacial score (nSPS) is 19.0. The third kappa shape index (κ3) is 4.22. The lowest BCUT2D eigenvalue weighted by Gasteiger charge is -2.37. The van der Waals surface area contributed by atoms with Gasteiger partial charge in [0.1, 0.15) is 5.54 Å². The number of ether oxygens (including phenoxy) is 1. The highest BCUT2D eigenvalue weighted by atomic mass is 16.5. The molecule has 27 heavy (non-hydrogen) atoms. The zero-order valence-corrected chi connectivity index (χ0v) is 15.7. The summed E-state index contributed by atoms with van der Waals surface area (Å²) in [6.07, 6.45) is 5.75. The predicted molar refractivity (Wildman–Crippen MR) is 101 cm³/mol. The zero-order chi connectivity index (χ0) is 19.3. The molecule has 1 heterocycles. The summed E-state index contributed by atoms with van der Waals surface area (Å²) in [5.41, 5.74) is 0.592. The molecular weight excluding hydrogens is 344 g/mol. The van der Waals surface area contributed by atoms with E-state index in [1.165, 1.54) is 7.05 Å². The van der Waals surface area contributed by atoms with Crippen LogP contribution in [0.25, 0.3) is 0 Å². The van der Waals surface area contributed by atoms with Gasteiger partial charge in [-0.2, -0.15) is 5.26 Å². The second kappa shape index (κ2) is 8.40. The number of nitriles is 1. The summed E-state index contributed by atoms with van der Waals surface area (Å²) in [4.78, 5) is 28.8. The smallest absolute Gasteiger partial charge is 0.261 e. The van der Waals surface area contributed by atoms with Crippen molar-refractivity contribution in [1.29, 1.82) is 5.26 Å². The number of benzene rings is 1. The molecule has 0 atom stereocenters. The average Bonchev–Trinajstić information content (AvgIpc) is 2.74. The van der Waals surface area contributed by atoms with E-state index in [0.29, 0.717) is 31.6 Å².